The van der Waals surface area contributed by atoms with Crippen LogP contribution in [-0.4, -0.2) is 30.0 Å². The molecule has 13 heavy (non-hydrogen) atoms. The molecule has 0 aromatic carbocycles. The van der Waals surface area contributed by atoms with Crippen molar-refractivity contribution in [1.82, 2.24) is 5.06 Å². The van der Waals surface area contributed by atoms with E-state index in [2.05, 4.69) is 20.8 Å². The van der Waals surface area contributed by atoms with Crippen molar-refractivity contribution in [3.8, 4) is 0 Å². The molecule has 2 bridgehead atoms. The van der Waals surface area contributed by atoms with Gasteiger partial charge in [-0.3, -0.25) is 9.63 Å². The molecule has 0 aromatic heterocycles. The van der Waals surface area contributed by atoms with Gasteiger partial charge in [0, 0.05) is 13.0 Å². The lowest BCUT2D eigenvalue weighted by atomic mass is 9.75. The number of carbonyl (C=O) groups is 1. The molecule has 0 radical (unpaired) electrons. The van der Waals surface area contributed by atoms with E-state index in [0.717, 1.165) is 6.54 Å². The predicted octanol–water partition coefficient (Wildman–Crippen LogP) is 1.24. The number of nitrogens with zero attached hydrogens (tertiary/aromatic N) is 1. The van der Waals surface area contributed by atoms with Crippen LogP contribution in [-0.2, 0) is 9.63 Å². The van der Waals surface area contributed by atoms with Crippen molar-refractivity contribution in [2.45, 2.75) is 33.2 Å². The van der Waals surface area contributed by atoms with Crippen LogP contribution >= 0.6 is 0 Å². The van der Waals surface area contributed by atoms with Crippen LogP contribution in [0.1, 0.15) is 27.2 Å². The Morgan fingerprint density at radius 3 is 2.69 bits per heavy atom. The quantitative estimate of drug-likeness (QED) is 0.566. The van der Waals surface area contributed by atoms with Gasteiger partial charge in [0.15, 0.2) is 0 Å². The van der Waals surface area contributed by atoms with Crippen molar-refractivity contribution in [3.63, 3.8) is 0 Å². The first-order valence-corrected chi connectivity index (χ1v) is 4.92. The van der Waals surface area contributed by atoms with Crippen LogP contribution in [0.4, 0.5) is 0 Å². The third kappa shape index (κ3) is 1.40. The Morgan fingerprint density at radius 2 is 2.15 bits per heavy atom. The molecule has 3 heteroatoms. The number of ketones is 1. The van der Waals surface area contributed by atoms with Gasteiger partial charge in [0.2, 0.25) is 0 Å². The number of rotatable bonds is 0. The Balaban J connectivity index is 2.24. The monoisotopic (exact) mass is 183 g/mol. The summed E-state index contributed by atoms with van der Waals surface area (Å²) >= 11 is 0. The minimum Gasteiger partial charge on any atom is -0.299 e. The molecule has 1 unspecified atom stereocenters. The van der Waals surface area contributed by atoms with Gasteiger partial charge >= 0.3 is 0 Å². The number of piperidine rings is 1. The van der Waals surface area contributed by atoms with Crippen LogP contribution in [0.25, 0.3) is 0 Å². The first kappa shape index (κ1) is 9.16. The van der Waals surface area contributed by atoms with Gasteiger partial charge in [0.1, 0.15) is 5.78 Å². The zero-order valence-electron chi connectivity index (χ0n) is 8.54. The minimum absolute atomic E-state index is 0.119. The topological polar surface area (TPSA) is 29.5 Å². The Bertz CT molecular complexity index is 232. The average molecular weight is 183 g/mol. The number of hydrogen-bond acceptors (Lipinski definition) is 3. The summed E-state index contributed by atoms with van der Waals surface area (Å²) in [4.78, 5) is 17.1. The predicted molar refractivity (Wildman–Crippen MR) is 49.0 cm³/mol. The van der Waals surface area contributed by atoms with E-state index in [1.807, 2.05) is 5.06 Å². The Morgan fingerprint density at radius 1 is 1.46 bits per heavy atom. The molecule has 2 fully saturated rings. The smallest absolute Gasteiger partial charge is 0.141 e. The molecule has 0 aromatic rings. The summed E-state index contributed by atoms with van der Waals surface area (Å²) in [6, 6.07) is 0.286. The second-order valence-electron chi connectivity index (χ2n) is 5.07. The summed E-state index contributed by atoms with van der Waals surface area (Å²) < 4.78 is 0. The highest BCUT2D eigenvalue weighted by molar-refractivity contribution is 5.83. The molecule has 74 valence electrons. The zero-order valence-corrected chi connectivity index (χ0v) is 8.54. The number of hydrogen-bond donors (Lipinski definition) is 0. The van der Waals surface area contributed by atoms with Gasteiger partial charge in [-0.2, -0.15) is 5.06 Å². The van der Waals surface area contributed by atoms with E-state index in [0.29, 0.717) is 18.8 Å². The fourth-order valence-corrected chi connectivity index (χ4v) is 2.46. The maximum absolute atomic E-state index is 11.6. The van der Waals surface area contributed by atoms with Crippen molar-refractivity contribution in [3.05, 3.63) is 0 Å². The second kappa shape index (κ2) is 2.79. The molecule has 2 rings (SSSR count). The third-order valence-corrected chi connectivity index (χ3v) is 2.99. The molecule has 0 N–H and O–H groups in total. The molecule has 0 amide bonds. The van der Waals surface area contributed by atoms with Gasteiger partial charge in [-0.25, -0.2) is 0 Å². The largest absolute Gasteiger partial charge is 0.299 e. The standard InChI is InChI=1S/C10H17NO2/c1-10(2,3)9-7-6-13-11(9)5-4-8(7)12/h7,9H,4-6H2,1-3H3/t7-,9+/m0/s1. The Hall–Kier alpha value is -0.410. The van der Waals surface area contributed by atoms with Crippen molar-refractivity contribution in [2.24, 2.45) is 11.3 Å². The van der Waals surface area contributed by atoms with E-state index in [1.54, 1.807) is 0 Å². The van der Waals surface area contributed by atoms with Crippen LogP contribution in [0.3, 0.4) is 0 Å². The normalized spacial score (nSPS) is 39.6. The lowest BCUT2D eigenvalue weighted by molar-refractivity contribution is -0.158. The fraction of sp³-hybridized carbons (Fsp3) is 0.900. The highest BCUT2D eigenvalue weighted by Gasteiger charge is 2.48. The van der Waals surface area contributed by atoms with Crippen molar-refractivity contribution in [1.29, 1.82) is 0 Å². The number of fused-ring (bicyclic) bond motifs is 2. The summed E-state index contributed by atoms with van der Waals surface area (Å²) in [6.45, 7) is 7.89. The number of Topliss-reactive ketones (excluding diaryl/α,β-unsaturated/α-hetero) is 1. The third-order valence-electron chi connectivity index (χ3n) is 2.99. The summed E-state index contributed by atoms with van der Waals surface area (Å²) in [6.07, 6.45) is 0.664. The van der Waals surface area contributed by atoms with Crippen LogP contribution in [0.15, 0.2) is 0 Å². The SMILES string of the molecule is CC(C)(C)[C@H]1[C@H]2CON1CCC2=O. The van der Waals surface area contributed by atoms with Crippen molar-refractivity contribution >= 4 is 5.78 Å². The van der Waals surface area contributed by atoms with E-state index < -0.39 is 0 Å². The van der Waals surface area contributed by atoms with Gasteiger partial charge in [-0.15, -0.1) is 0 Å². The maximum Gasteiger partial charge on any atom is 0.141 e. The molecular formula is C10H17NO2. The van der Waals surface area contributed by atoms with Crippen LogP contribution < -0.4 is 0 Å². The summed E-state index contributed by atoms with van der Waals surface area (Å²) in [7, 11) is 0. The van der Waals surface area contributed by atoms with Crippen LogP contribution in [0.5, 0.6) is 0 Å². The number of carbonyl (C=O) groups excluding carboxylic acids is 1. The maximum atomic E-state index is 11.6. The molecule has 0 aliphatic carbocycles. The molecule has 2 saturated heterocycles. The highest BCUT2D eigenvalue weighted by atomic mass is 16.7. The van der Waals surface area contributed by atoms with Gasteiger partial charge in [0.05, 0.1) is 18.6 Å². The van der Waals surface area contributed by atoms with Crippen molar-refractivity contribution in [2.75, 3.05) is 13.2 Å². The molecule has 2 heterocycles. The zero-order chi connectivity index (χ0) is 9.64. The summed E-state index contributed by atoms with van der Waals surface area (Å²) in [5, 5.41) is 2.01. The van der Waals surface area contributed by atoms with Gasteiger partial charge in [0.25, 0.3) is 0 Å². The van der Waals surface area contributed by atoms with Gasteiger partial charge in [-0.05, 0) is 5.41 Å². The highest BCUT2D eigenvalue weighted by Crippen LogP contribution is 2.38. The van der Waals surface area contributed by atoms with Gasteiger partial charge in [-0.1, -0.05) is 20.8 Å². The summed E-state index contributed by atoms with van der Waals surface area (Å²) in [5.41, 5.74) is 0.136. The van der Waals surface area contributed by atoms with Crippen LogP contribution in [0, 0.1) is 11.3 Å². The van der Waals surface area contributed by atoms with Gasteiger partial charge < -0.3 is 0 Å². The van der Waals surface area contributed by atoms with Crippen LogP contribution in [0.2, 0.25) is 0 Å². The molecule has 3 nitrogen and oxygen atoms in total. The molecule has 2 aliphatic rings. The second-order valence-corrected chi connectivity index (χ2v) is 5.07. The molecule has 0 saturated carbocycles. The van der Waals surface area contributed by atoms with Crippen molar-refractivity contribution < 1.29 is 9.63 Å². The Labute approximate surface area is 79.0 Å². The molecule has 3 atom stereocenters. The minimum atomic E-state index is 0.119. The molecule has 0 spiro atoms. The average Bonchev–Trinajstić information content (AvgIpc) is 2.35. The first-order chi connectivity index (χ1) is 6.00. The molecular weight excluding hydrogens is 166 g/mol. The summed E-state index contributed by atoms with van der Waals surface area (Å²) in [5.74, 6) is 0.502. The van der Waals surface area contributed by atoms with E-state index >= 15 is 0 Å². The Kier molecular flexibility index (Phi) is 1.96. The van der Waals surface area contributed by atoms with E-state index in [-0.39, 0.29) is 17.4 Å². The first-order valence-electron chi connectivity index (χ1n) is 4.92. The molecule has 2 aliphatic heterocycles. The number of hydroxylamine groups is 2. The van der Waals surface area contributed by atoms with E-state index in [1.165, 1.54) is 0 Å². The lowest BCUT2D eigenvalue weighted by Crippen LogP contribution is -2.49. The fourth-order valence-electron chi connectivity index (χ4n) is 2.46. The lowest BCUT2D eigenvalue weighted by Gasteiger charge is -2.38. The van der Waals surface area contributed by atoms with E-state index in [4.69, 9.17) is 4.84 Å². The van der Waals surface area contributed by atoms with E-state index in [9.17, 15) is 4.79 Å².